The van der Waals surface area contributed by atoms with Gasteiger partial charge in [-0.2, -0.15) is 0 Å². The minimum absolute atomic E-state index is 0.119. The standard InChI is InChI=1S/C19H26O3/c1-2-3-4-5-6-7-8-9-10-11-12-13-14-15-18(20)16-17-19(21)22/h2-4,7-10,16-17H,1,5-6,11-15H2,(H,21,22). The van der Waals surface area contributed by atoms with Crippen LogP contribution in [0.25, 0.3) is 0 Å². The largest absolute Gasteiger partial charge is 0.478 e. The highest BCUT2D eigenvalue weighted by molar-refractivity contribution is 5.95. The van der Waals surface area contributed by atoms with Crippen LogP contribution in [0.5, 0.6) is 0 Å². The number of hydrogen-bond donors (Lipinski definition) is 1. The zero-order valence-corrected chi connectivity index (χ0v) is 13.1. The van der Waals surface area contributed by atoms with Crippen molar-refractivity contribution in [2.75, 3.05) is 0 Å². The molecule has 0 saturated heterocycles. The molecule has 0 aromatic heterocycles. The Morgan fingerprint density at radius 2 is 1.45 bits per heavy atom. The van der Waals surface area contributed by atoms with Gasteiger partial charge in [0.1, 0.15) is 0 Å². The lowest BCUT2D eigenvalue weighted by Crippen LogP contribution is -1.95. The highest BCUT2D eigenvalue weighted by Gasteiger charge is 1.97. The number of carbonyl (C=O) groups excluding carboxylic acids is 1. The van der Waals surface area contributed by atoms with Crippen molar-refractivity contribution in [3.63, 3.8) is 0 Å². The molecule has 0 amide bonds. The van der Waals surface area contributed by atoms with Crippen molar-refractivity contribution in [1.29, 1.82) is 0 Å². The van der Waals surface area contributed by atoms with E-state index in [-0.39, 0.29) is 5.78 Å². The van der Waals surface area contributed by atoms with Crippen LogP contribution in [0.4, 0.5) is 0 Å². The van der Waals surface area contributed by atoms with Gasteiger partial charge >= 0.3 is 5.97 Å². The minimum atomic E-state index is -1.08. The van der Waals surface area contributed by atoms with E-state index in [1.54, 1.807) is 6.08 Å². The number of hydrogen-bond acceptors (Lipinski definition) is 2. The van der Waals surface area contributed by atoms with Gasteiger partial charge < -0.3 is 5.11 Å². The molecule has 3 heteroatoms. The predicted molar refractivity (Wildman–Crippen MR) is 91.7 cm³/mol. The Hall–Kier alpha value is -2.16. The van der Waals surface area contributed by atoms with E-state index in [0.29, 0.717) is 6.42 Å². The molecule has 0 aliphatic heterocycles. The molecule has 0 radical (unpaired) electrons. The van der Waals surface area contributed by atoms with Crippen LogP contribution in [0, 0.1) is 0 Å². The van der Waals surface area contributed by atoms with Crippen molar-refractivity contribution >= 4 is 11.8 Å². The fourth-order valence-corrected chi connectivity index (χ4v) is 1.72. The van der Waals surface area contributed by atoms with Crippen molar-refractivity contribution in [2.45, 2.75) is 44.9 Å². The summed E-state index contributed by atoms with van der Waals surface area (Å²) >= 11 is 0. The Labute approximate surface area is 133 Å². The van der Waals surface area contributed by atoms with Crippen LogP contribution in [0.15, 0.2) is 61.3 Å². The molecule has 0 heterocycles. The van der Waals surface area contributed by atoms with Gasteiger partial charge in [-0.25, -0.2) is 4.79 Å². The molecule has 0 aromatic carbocycles. The summed E-state index contributed by atoms with van der Waals surface area (Å²) in [6.45, 7) is 3.61. The zero-order chi connectivity index (χ0) is 16.5. The first kappa shape index (κ1) is 19.8. The quantitative estimate of drug-likeness (QED) is 0.302. The van der Waals surface area contributed by atoms with Crippen LogP contribution in [-0.4, -0.2) is 16.9 Å². The lowest BCUT2D eigenvalue weighted by Gasteiger charge is -1.96. The first-order valence-corrected chi connectivity index (χ1v) is 7.70. The molecular formula is C19H26O3. The summed E-state index contributed by atoms with van der Waals surface area (Å²) in [7, 11) is 0. The average molecular weight is 302 g/mol. The van der Waals surface area contributed by atoms with Gasteiger partial charge in [0.25, 0.3) is 0 Å². The third kappa shape index (κ3) is 15.9. The van der Waals surface area contributed by atoms with E-state index >= 15 is 0 Å². The minimum Gasteiger partial charge on any atom is -0.478 e. The van der Waals surface area contributed by atoms with Crippen molar-refractivity contribution in [2.24, 2.45) is 0 Å². The third-order valence-corrected chi connectivity index (χ3v) is 2.86. The van der Waals surface area contributed by atoms with Gasteiger partial charge in [-0.1, -0.05) is 55.5 Å². The summed E-state index contributed by atoms with van der Waals surface area (Å²) in [5.74, 6) is -1.20. The average Bonchev–Trinajstić information content (AvgIpc) is 2.49. The number of aliphatic carboxylic acids is 1. The molecule has 0 spiro atoms. The van der Waals surface area contributed by atoms with Gasteiger partial charge in [0, 0.05) is 12.5 Å². The van der Waals surface area contributed by atoms with Gasteiger partial charge in [-0.15, -0.1) is 0 Å². The van der Waals surface area contributed by atoms with Crippen molar-refractivity contribution in [3.8, 4) is 0 Å². The Morgan fingerprint density at radius 1 is 0.818 bits per heavy atom. The second kappa shape index (κ2) is 15.2. The SMILES string of the molecule is C=CC=CCCC=CC=CCCCCCC(=O)C=CC(=O)O. The Morgan fingerprint density at radius 3 is 2.09 bits per heavy atom. The number of rotatable bonds is 13. The Balaban J connectivity index is 3.49. The van der Waals surface area contributed by atoms with Gasteiger partial charge in [0.15, 0.2) is 5.78 Å². The monoisotopic (exact) mass is 302 g/mol. The molecule has 0 aliphatic carbocycles. The Kier molecular flexibility index (Phi) is 13.7. The molecule has 22 heavy (non-hydrogen) atoms. The van der Waals surface area contributed by atoms with Crippen LogP contribution >= 0.6 is 0 Å². The van der Waals surface area contributed by atoms with Crippen LogP contribution in [0.1, 0.15) is 44.9 Å². The molecule has 120 valence electrons. The number of carboxylic acid groups (broad SMARTS) is 1. The smallest absolute Gasteiger partial charge is 0.328 e. The molecule has 0 rings (SSSR count). The lowest BCUT2D eigenvalue weighted by molar-refractivity contribution is -0.131. The maximum absolute atomic E-state index is 11.3. The van der Waals surface area contributed by atoms with E-state index in [1.807, 2.05) is 6.08 Å². The zero-order valence-electron chi connectivity index (χ0n) is 13.1. The summed E-state index contributed by atoms with van der Waals surface area (Å²) in [5, 5.41) is 8.39. The molecule has 3 nitrogen and oxygen atoms in total. The first-order chi connectivity index (χ1) is 10.7. The molecule has 0 fully saturated rings. The molecule has 0 saturated carbocycles. The summed E-state index contributed by atoms with van der Waals surface area (Å²) in [4.78, 5) is 21.5. The van der Waals surface area contributed by atoms with Crippen LogP contribution in [0.2, 0.25) is 0 Å². The van der Waals surface area contributed by atoms with Crippen LogP contribution < -0.4 is 0 Å². The first-order valence-electron chi connectivity index (χ1n) is 7.70. The van der Waals surface area contributed by atoms with E-state index in [9.17, 15) is 9.59 Å². The second-order valence-corrected chi connectivity index (χ2v) is 4.83. The van der Waals surface area contributed by atoms with Crippen LogP contribution in [0.3, 0.4) is 0 Å². The number of unbranched alkanes of at least 4 members (excludes halogenated alkanes) is 4. The second-order valence-electron chi connectivity index (χ2n) is 4.83. The maximum atomic E-state index is 11.3. The van der Waals surface area contributed by atoms with Gasteiger partial charge in [0.05, 0.1) is 0 Å². The lowest BCUT2D eigenvalue weighted by atomic mass is 10.1. The topological polar surface area (TPSA) is 54.4 Å². The summed E-state index contributed by atoms with van der Waals surface area (Å²) in [6.07, 6.45) is 22.5. The normalized spacial score (nSPS) is 12.0. The van der Waals surface area contributed by atoms with E-state index in [0.717, 1.165) is 50.7 Å². The van der Waals surface area contributed by atoms with Crippen molar-refractivity contribution < 1.29 is 14.7 Å². The molecule has 0 aliphatic rings. The molecular weight excluding hydrogens is 276 g/mol. The van der Waals surface area contributed by atoms with Gasteiger partial charge in [-0.3, -0.25) is 4.79 Å². The van der Waals surface area contributed by atoms with E-state index in [2.05, 4.69) is 37.0 Å². The molecule has 0 unspecified atom stereocenters. The summed E-state index contributed by atoms with van der Waals surface area (Å²) in [5.41, 5.74) is 0. The van der Waals surface area contributed by atoms with E-state index in [1.165, 1.54) is 0 Å². The van der Waals surface area contributed by atoms with Crippen molar-refractivity contribution in [3.05, 3.63) is 61.3 Å². The fourth-order valence-electron chi connectivity index (χ4n) is 1.72. The number of ketones is 1. The van der Waals surface area contributed by atoms with Crippen molar-refractivity contribution in [1.82, 2.24) is 0 Å². The summed E-state index contributed by atoms with van der Waals surface area (Å²) < 4.78 is 0. The predicted octanol–water partition coefficient (Wildman–Crippen LogP) is 4.78. The third-order valence-electron chi connectivity index (χ3n) is 2.86. The molecule has 0 bridgehead atoms. The van der Waals surface area contributed by atoms with Crippen LogP contribution in [-0.2, 0) is 9.59 Å². The number of carbonyl (C=O) groups is 2. The maximum Gasteiger partial charge on any atom is 0.328 e. The van der Waals surface area contributed by atoms with Gasteiger partial charge in [0.2, 0.25) is 0 Å². The molecule has 1 N–H and O–H groups in total. The molecule has 0 atom stereocenters. The van der Waals surface area contributed by atoms with Gasteiger partial charge in [-0.05, 0) is 38.2 Å². The van der Waals surface area contributed by atoms with E-state index in [4.69, 9.17) is 5.11 Å². The summed E-state index contributed by atoms with van der Waals surface area (Å²) in [6, 6.07) is 0. The fraction of sp³-hybridized carbons (Fsp3) is 0.368. The Bertz CT molecular complexity index is 440. The van der Waals surface area contributed by atoms with E-state index < -0.39 is 5.97 Å². The number of allylic oxidation sites excluding steroid dienone is 8. The number of carboxylic acids is 1. The molecule has 0 aromatic rings. The highest BCUT2D eigenvalue weighted by atomic mass is 16.4. The highest BCUT2D eigenvalue weighted by Crippen LogP contribution is 2.05.